The summed E-state index contributed by atoms with van der Waals surface area (Å²) >= 11 is 1.52. The molecule has 0 spiro atoms. The summed E-state index contributed by atoms with van der Waals surface area (Å²) in [6.45, 7) is 15.3. The Kier molecular flexibility index (Phi) is 10.4. The van der Waals surface area contributed by atoms with Crippen LogP contribution in [0.2, 0.25) is 0 Å². The maximum Gasteiger partial charge on any atom is 0.306 e. The van der Waals surface area contributed by atoms with E-state index in [-0.39, 0.29) is 30.2 Å². The fourth-order valence-electron chi connectivity index (χ4n) is 4.42. The molecule has 2 rings (SSSR count). The number of thiazole rings is 1. The van der Waals surface area contributed by atoms with Crippen molar-refractivity contribution in [3.8, 4) is 0 Å². The monoisotopic (exact) mass is 487 g/mol. The second kappa shape index (κ2) is 12.6. The summed E-state index contributed by atoms with van der Waals surface area (Å²) < 4.78 is 5.90. The number of aliphatic hydroxyl groups is 1. The van der Waals surface area contributed by atoms with Gasteiger partial charge < -0.3 is 9.84 Å². The Hall–Kier alpha value is -2.05. The predicted octanol–water partition coefficient (Wildman–Crippen LogP) is 6.63. The molecule has 1 aliphatic rings. The molecular formula is C28H41NO4S. The summed E-state index contributed by atoms with van der Waals surface area (Å²) in [7, 11) is 0. The van der Waals surface area contributed by atoms with E-state index >= 15 is 0 Å². The average molecular weight is 488 g/mol. The first-order valence-corrected chi connectivity index (χ1v) is 13.2. The van der Waals surface area contributed by atoms with Gasteiger partial charge in [0.15, 0.2) is 0 Å². The molecule has 4 atom stereocenters. The lowest BCUT2D eigenvalue weighted by molar-refractivity contribution is -0.148. The topological polar surface area (TPSA) is 76.5 Å². The van der Waals surface area contributed by atoms with Crippen LogP contribution in [0.3, 0.4) is 0 Å². The molecule has 0 saturated carbocycles. The van der Waals surface area contributed by atoms with Crippen molar-refractivity contribution in [3.63, 3.8) is 0 Å². The number of aliphatic hydroxyl groups excluding tert-OH is 1. The molecule has 1 aromatic heterocycles. The summed E-state index contributed by atoms with van der Waals surface area (Å²) in [4.78, 5) is 30.4. The Balaban J connectivity index is 2.28. The van der Waals surface area contributed by atoms with E-state index in [9.17, 15) is 14.7 Å². The Morgan fingerprint density at radius 3 is 2.65 bits per heavy atom. The highest BCUT2D eigenvalue weighted by Crippen LogP contribution is 2.32. The van der Waals surface area contributed by atoms with Gasteiger partial charge in [-0.15, -0.1) is 11.3 Å². The molecule has 2 heterocycles. The van der Waals surface area contributed by atoms with E-state index in [0.29, 0.717) is 12.8 Å². The van der Waals surface area contributed by atoms with Gasteiger partial charge >= 0.3 is 5.97 Å². The van der Waals surface area contributed by atoms with Crippen molar-refractivity contribution in [1.29, 1.82) is 0 Å². The number of carbonyl (C=O) groups excluding carboxylic acids is 2. The van der Waals surface area contributed by atoms with E-state index < -0.39 is 17.4 Å². The number of nitrogens with zero attached hydrogens (tertiary/aromatic N) is 1. The van der Waals surface area contributed by atoms with Crippen LogP contribution in [0.4, 0.5) is 0 Å². The molecular weight excluding hydrogens is 446 g/mol. The molecule has 0 saturated heterocycles. The van der Waals surface area contributed by atoms with Crippen LogP contribution < -0.4 is 0 Å². The molecule has 1 N–H and O–H groups in total. The zero-order valence-electron chi connectivity index (χ0n) is 21.6. The molecule has 0 aliphatic carbocycles. The quantitative estimate of drug-likeness (QED) is 0.382. The largest absolute Gasteiger partial charge is 0.457 e. The summed E-state index contributed by atoms with van der Waals surface area (Å²) in [5.74, 6) is -0.751. The average Bonchev–Trinajstić information content (AvgIpc) is 3.25. The SMILES string of the molecule is C=Cc1nc(/C=C(\C)C2C/C=C(/C)CCC[C@H](C)[C@H](O)[C@@H](C)C(=O)C(C)(C)CCC(=O)O2)cs1. The lowest BCUT2D eigenvalue weighted by atomic mass is 9.74. The summed E-state index contributed by atoms with van der Waals surface area (Å²) in [6.07, 6.45) is 8.60. The highest BCUT2D eigenvalue weighted by atomic mass is 32.1. The number of cyclic esters (lactones) is 1. The molecule has 1 aromatic rings. The number of hydrogen-bond donors (Lipinski definition) is 1. The van der Waals surface area contributed by atoms with E-state index in [1.165, 1.54) is 16.9 Å². The van der Waals surface area contributed by atoms with Gasteiger partial charge in [0.2, 0.25) is 0 Å². The standard InChI is InChI=1S/C28H41NO4S/c1-8-24-29-22(17-34-24)16-20(4)23-13-12-18(2)10-9-11-19(3)26(31)21(5)27(32)28(6,7)15-14-25(30)33-23/h8,12,16-17,19,21,23,26,31H,1,9-11,13-15H2,2-7H3/b18-12-,20-16+/t19-,21+,23?,26-/m0/s1. The Labute approximate surface area is 209 Å². The van der Waals surface area contributed by atoms with Gasteiger partial charge in [0.05, 0.1) is 11.8 Å². The molecule has 0 fully saturated rings. The predicted molar refractivity (Wildman–Crippen MR) is 140 cm³/mol. The van der Waals surface area contributed by atoms with Crippen molar-refractivity contribution in [2.45, 2.75) is 92.3 Å². The van der Waals surface area contributed by atoms with Crippen molar-refractivity contribution in [2.75, 3.05) is 0 Å². The maximum atomic E-state index is 13.1. The Morgan fingerprint density at radius 2 is 2.00 bits per heavy atom. The highest BCUT2D eigenvalue weighted by Gasteiger charge is 2.36. The van der Waals surface area contributed by atoms with Crippen molar-refractivity contribution in [2.24, 2.45) is 17.3 Å². The molecule has 5 nitrogen and oxygen atoms in total. The lowest BCUT2D eigenvalue weighted by Gasteiger charge is -2.31. The van der Waals surface area contributed by atoms with Crippen LogP contribution in [0.1, 0.15) is 90.8 Å². The molecule has 0 bridgehead atoms. The minimum atomic E-state index is -0.714. The van der Waals surface area contributed by atoms with Crippen molar-refractivity contribution in [3.05, 3.63) is 39.9 Å². The number of allylic oxidation sites excluding steroid dienone is 1. The molecule has 0 amide bonds. The molecule has 1 unspecified atom stereocenters. The van der Waals surface area contributed by atoms with Crippen LogP contribution in [0.15, 0.2) is 29.2 Å². The number of esters is 1. The van der Waals surface area contributed by atoms with Crippen LogP contribution in [0.5, 0.6) is 0 Å². The maximum absolute atomic E-state index is 13.1. The lowest BCUT2D eigenvalue weighted by Crippen LogP contribution is -2.39. The van der Waals surface area contributed by atoms with Gasteiger partial charge in [-0.3, -0.25) is 9.59 Å². The minimum absolute atomic E-state index is 0.00278. The van der Waals surface area contributed by atoms with E-state index in [2.05, 4.69) is 24.6 Å². The second-order valence-corrected chi connectivity index (χ2v) is 11.3. The van der Waals surface area contributed by atoms with Gasteiger partial charge in [0.25, 0.3) is 0 Å². The zero-order valence-corrected chi connectivity index (χ0v) is 22.4. The van der Waals surface area contributed by atoms with Crippen LogP contribution in [-0.2, 0) is 14.3 Å². The van der Waals surface area contributed by atoms with Gasteiger partial charge in [0, 0.05) is 29.6 Å². The minimum Gasteiger partial charge on any atom is -0.457 e. The fraction of sp³-hybridized carbons (Fsp3) is 0.607. The zero-order chi connectivity index (χ0) is 25.5. The number of rotatable bonds is 3. The van der Waals surface area contributed by atoms with E-state index in [1.54, 1.807) is 13.0 Å². The van der Waals surface area contributed by atoms with Crippen LogP contribution in [0.25, 0.3) is 12.2 Å². The fourth-order valence-corrected chi connectivity index (χ4v) is 5.03. The van der Waals surface area contributed by atoms with E-state index in [4.69, 9.17) is 4.74 Å². The summed E-state index contributed by atoms with van der Waals surface area (Å²) in [5, 5.41) is 13.6. The van der Waals surface area contributed by atoms with Crippen LogP contribution in [-0.4, -0.2) is 34.1 Å². The Bertz CT molecular complexity index is 927. The smallest absolute Gasteiger partial charge is 0.306 e. The first kappa shape index (κ1) is 28.2. The number of ether oxygens (including phenoxy) is 1. The van der Waals surface area contributed by atoms with E-state index in [1.807, 2.05) is 39.2 Å². The number of ketones is 1. The number of Topliss-reactive ketones (excluding diaryl/α,β-unsaturated/α-hetero) is 1. The van der Waals surface area contributed by atoms with Gasteiger partial charge in [-0.1, -0.05) is 45.9 Å². The molecule has 188 valence electrons. The van der Waals surface area contributed by atoms with Gasteiger partial charge in [-0.05, 0) is 63.2 Å². The third-order valence-electron chi connectivity index (χ3n) is 6.91. The number of hydrogen-bond acceptors (Lipinski definition) is 6. The molecule has 0 radical (unpaired) electrons. The first-order valence-electron chi connectivity index (χ1n) is 12.3. The molecule has 6 heteroatoms. The third-order valence-corrected chi connectivity index (χ3v) is 7.77. The van der Waals surface area contributed by atoms with Gasteiger partial charge in [-0.2, -0.15) is 0 Å². The normalized spacial score (nSPS) is 29.7. The summed E-state index contributed by atoms with van der Waals surface area (Å²) in [5.41, 5.74) is 2.28. The number of carbonyl (C=O) groups is 2. The number of aromatic nitrogens is 1. The van der Waals surface area contributed by atoms with Crippen molar-refractivity contribution >= 4 is 35.2 Å². The Morgan fingerprint density at radius 1 is 1.29 bits per heavy atom. The molecule has 1 aliphatic heterocycles. The second-order valence-electron chi connectivity index (χ2n) is 10.4. The first-order chi connectivity index (χ1) is 15.9. The van der Waals surface area contributed by atoms with Gasteiger partial charge in [0.1, 0.15) is 16.9 Å². The van der Waals surface area contributed by atoms with Gasteiger partial charge in [-0.25, -0.2) is 4.98 Å². The van der Waals surface area contributed by atoms with Crippen molar-refractivity contribution in [1.82, 2.24) is 4.98 Å². The molecule has 0 aromatic carbocycles. The third kappa shape index (κ3) is 8.02. The highest BCUT2D eigenvalue weighted by molar-refractivity contribution is 7.10. The summed E-state index contributed by atoms with van der Waals surface area (Å²) in [6, 6.07) is 0. The molecule has 34 heavy (non-hydrogen) atoms. The van der Waals surface area contributed by atoms with E-state index in [0.717, 1.165) is 35.5 Å². The van der Waals surface area contributed by atoms with Crippen molar-refractivity contribution < 1.29 is 19.4 Å². The van der Waals surface area contributed by atoms with Crippen LogP contribution >= 0.6 is 11.3 Å². The van der Waals surface area contributed by atoms with Crippen LogP contribution in [0, 0.1) is 17.3 Å².